The molecule has 1 heterocycles. The molecule has 0 aliphatic carbocycles. The summed E-state index contributed by atoms with van der Waals surface area (Å²) in [6, 6.07) is 0. The minimum atomic E-state index is 0.0466. The second kappa shape index (κ2) is 9.13. The lowest BCUT2D eigenvalue weighted by Crippen LogP contribution is -2.16. The molecule has 0 bridgehead atoms. The van der Waals surface area contributed by atoms with E-state index in [1.165, 1.54) is 19.3 Å². The van der Waals surface area contributed by atoms with Crippen molar-refractivity contribution >= 4 is 0 Å². The molecule has 0 spiro atoms. The van der Waals surface area contributed by atoms with Gasteiger partial charge in [0.2, 0.25) is 0 Å². The topological polar surface area (TPSA) is 38.7 Å². The molecule has 3 nitrogen and oxygen atoms in total. The monoisotopic (exact) mass is 216 g/mol. The Morgan fingerprint density at radius 3 is 2.80 bits per heavy atom. The van der Waals surface area contributed by atoms with Crippen LogP contribution in [0.25, 0.3) is 0 Å². The summed E-state index contributed by atoms with van der Waals surface area (Å²) >= 11 is 0. The van der Waals surface area contributed by atoms with E-state index in [2.05, 4.69) is 0 Å². The van der Waals surface area contributed by atoms with Gasteiger partial charge in [0, 0.05) is 19.8 Å². The summed E-state index contributed by atoms with van der Waals surface area (Å²) < 4.78 is 11.2. The van der Waals surface area contributed by atoms with Gasteiger partial charge in [0.05, 0.1) is 0 Å². The summed E-state index contributed by atoms with van der Waals surface area (Å²) in [6.45, 7) is 1.97. The molecule has 0 aromatic carbocycles. The zero-order valence-electron chi connectivity index (χ0n) is 9.62. The van der Waals surface area contributed by atoms with Crippen LogP contribution in [0, 0.1) is 0 Å². The standard InChI is InChI=1S/C12H24O3/c13-9-5-1-2-6-10-14-12-8-4-3-7-11-15-12/h12-13H,1-11H2. The smallest absolute Gasteiger partial charge is 0.157 e. The molecule has 1 fully saturated rings. The lowest BCUT2D eigenvalue weighted by atomic mass is 10.2. The van der Waals surface area contributed by atoms with Crippen LogP contribution in [0.15, 0.2) is 0 Å². The Kier molecular flexibility index (Phi) is 7.88. The Labute approximate surface area is 92.8 Å². The fraction of sp³-hybridized carbons (Fsp3) is 1.00. The van der Waals surface area contributed by atoms with Gasteiger partial charge in [-0.3, -0.25) is 0 Å². The molecule has 1 atom stereocenters. The van der Waals surface area contributed by atoms with Crippen LogP contribution >= 0.6 is 0 Å². The van der Waals surface area contributed by atoms with E-state index in [0.717, 1.165) is 45.3 Å². The quantitative estimate of drug-likeness (QED) is 0.664. The molecular weight excluding hydrogens is 192 g/mol. The molecule has 1 aliphatic heterocycles. The van der Waals surface area contributed by atoms with Crippen molar-refractivity contribution in [3.05, 3.63) is 0 Å². The molecular formula is C12H24O3. The molecule has 1 rings (SSSR count). The molecule has 0 amide bonds. The van der Waals surface area contributed by atoms with Gasteiger partial charge < -0.3 is 14.6 Å². The molecule has 0 aromatic heterocycles. The van der Waals surface area contributed by atoms with Gasteiger partial charge in [-0.05, 0) is 32.1 Å². The van der Waals surface area contributed by atoms with Gasteiger partial charge >= 0.3 is 0 Å². The molecule has 15 heavy (non-hydrogen) atoms. The second-order valence-electron chi connectivity index (χ2n) is 4.16. The summed E-state index contributed by atoms with van der Waals surface area (Å²) in [5, 5.41) is 8.61. The minimum absolute atomic E-state index is 0.0466. The van der Waals surface area contributed by atoms with E-state index in [4.69, 9.17) is 14.6 Å². The first kappa shape index (κ1) is 12.9. The van der Waals surface area contributed by atoms with E-state index in [1.54, 1.807) is 0 Å². The third-order valence-electron chi connectivity index (χ3n) is 2.74. The van der Waals surface area contributed by atoms with Crippen molar-refractivity contribution in [3.8, 4) is 0 Å². The van der Waals surface area contributed by atoms with Gasteiger partial charge in [0.1, 0.15) is 0 Å². The van der Waals surface area contributed by atoms with Crippen molar-refractivity contribution in [1.29, 1.82) is 0 Å². The predicted octanol–water partition coefficient (Wildman–Crippen LogP) is 2.47. The maximum absolute atomic E-state index is 8.61. The first-order chi connectivity index (χ1) is 7.43. The molecule has 0 aromatic rings. The molecule has 1 aliphatic rings. The number of hydrogen-bond donors (Lipinski definition) is 1. The highest BCUT2D eigenvalue weighted by Crippen LogP contribution is 2.14. The Balaban J connectivity index is 1.89. The van der Waals surface area contributed by atoms with Gasteiger partial charge in [-0.25, -0.2) is 0 Å². The summed E-state index contributed by atoms with van der Waals surface area (Å²) in [5.74, 6) is 0. The van der Waals surface area contributed by atoms with E-state index in [-0.39, 0.29) is 6.29 Å². The summed E-state index contributed by atoms with van der Waals surface area (Å²) in [5.41, 5.74) is 0. The van der Waals surface area contributed by atoms with Crippen molar-refractivity contribution in [3.63, 3.8) is 0 Å². The normalized spacial score (nSPS) is 22.6. The molecule has 90 valence electrons. The molecule has 3 heteroatoms. The maximum atomic E-state index is 8.61. The SMILES string of the molecule is OCCCCCCOC1CCCCCO1. The zero-order chi connectivity index (χ0) is 10.8. The van der Waals surface area contributed by atoms with E-state index < -0.39 is 0 Å². The Morgan fingerprint density at radius 2 is 1.93 bits per heavy atom. The Bertz CT molecular complexity index is 131. The first-order valence-electron chi connectivity index (χ1n) is 6.27. The molecule has 1 unspecified atom stereocenters. The van der Waals surface area contributed by atoms with Crippen LogP contribution in [0.4, 0.5) is 0 Å². The van der Waals surface area contributed by atoms with Gasteiger partial charge in [0.25, 0.3) is 0 Å². The number of rotatable bonds is 7. The summed E-state index contributed by atoms with van der Waals surface area (Å²) in [6.07, 6.45) is 9.03. The van der Waals surface area contributed by atoms with Crippen molar-refractivity contribution in [2.75, 3.05) is 19.8 Å². The maximum Gasteiger partial charge on any atom is 0.157 e. The van der Waals surface area contributed by atoms with Gasteiger partial charge in [-0.2, -0.15) is 0 Å². The third kappa shape index (κ3) is 6.88. The predicted molar refractivity (Wildman–Crippen MR) is 59.7 cm³/mol. The Hall–Kier alpha value is -0.120. The van der Waals surface area contributed by atoms with Crippen molar-refractivity contribution in [1.82, 2.24) is 0 Å². The fourth-order valence-electron chi connectivity index (χ4n) is 1.80. The number of unbranched alkanes of at least 4 members (excludes halogenated alkanes) is 3. The molecule has 0 radical (unpaired) electrons. The summed E-state index contributed by atoms with van der Waals surface area (Å²) in [7, 11) is 0. The minimum Gasteiger partial charge on any atom is -0.396 e. The highest BCUT2D eigenvalue weighted by atomic mass is 16.7. The van der Waals surface area contributed by atoms with Crippen molar-refractivity contribution in [2.24, 2.45) is 0 Å². The summed E-state index contributed by atoms with van der Waals surface area (Å²) in [4.78, 5) is 0. The van der Waals surface area contributed by atoms with Gasteiger partial charge in [-0.15, -0.1) is 0 Å². The van der Waals surface area contributed by atoms with Crippen LogP contribution < -0.4 is 0 Å². The van der Waals surface area contributed by atoms with Crippen molar-refractivity contribution in [2.45, 2.75) is 57.7 Å². The van der Waals surface area contributed by atoms with Crippen LogP contribution in [0.3, 0.4) is 0 Å². The van der Waals surface area contributed by atoms with Gasteiger partial charge in [0.15, 0.2) is 6.29 Å². The Morgan fingerprint density at radius 1 is 1.07 bits per heavy atom. The number of ether oxygens (including phenoxy) is 2. The second-order valence-corrected chi connectivity index (χ2v) is 4.16. The molecule has 1 saturated heterocycles. The van der Waals surface area contributed by atoms with Crippen LogP contribution in [0.1, 0.15) is 51.4 Å². The lowest BCUT2D eigenvalue weighted by molar-refractivity contribution is -0.140. The average molecular weight is 216 g/mol. The third-order valence-corrected chi connectivity index (χ3v) is 2.74. The molecule has 1 N–H and O–H groups in total. The molecule has 0 saturated carbocycles. The van der Waals surface area contributed by atoms with E-state index in [1.807, 2.05) is 0 Å². The van der Waals surface area contributed by atoms with E-state index in [0.29, 0.717) is 6.61 Å². The lowest BCUT2D eigenvalue weighted by Gasteiger charge is -2.15. The number of hydrogen-bond acceptors (Lipinski definition) is 3. The first-order valence-corrected chi connectivity index (χ1v) is 6.27. The van der Waals surface area contributed by atoms with E-state index >= 15 is 0 Å². The highest BCUT2D eigenvalue weighted by molar-refractivity contribution is 4.53. The van der Waals surface area contributed by atoms with E-state index in [9.17, 15) is 0 Å². The fourth-order valence-corrected chi connectivity index (χ4v) is 1.80. The van der Waals surface area contributed by atoms with Crippen LogP contribution in [0.2, 0.25) is 0 Å². The average Bonchev–Trinajstić information content (AvgIpc) is 2.52. The van der Waals surface area contributed by atoms with Crippen molar-refractivity contribution < 1.29 is 14.6 Å². The van der Waals surface area contributed by atoms with Crippen LogP contribution in [0.5, 0.6) is 0 Å². The van der Waals surface area contributed by atoms with Crippen LogP contribution in [-0.4, -0.2) is 31.2 Å². The number of aliphatic hydroxyl groups excluding tert-OH is 1. The number of aliphatic hydroxyl groups is 1. The zero-order valence-corrected chi connectivity index (χ0v) is 9.62. The van der Waals surface area contributed by atoms with Crippen LogP contribution in [-0.2, 0) is 9.47 Å². The van der Waals surface area contributed by atoms with Gasteiger partial charge in [-0.1, -0.05) is 19.3 Å². The highest BCUT2D eigenvalue weighted by Gasteiger charge is 2.11. The largest absolute Gasteiger partial charge is 0.396 e.